The summed E-state index contributed by atoms with van der Waals surface area (Å²) in [7, 11) is 0. The number of hydrogen-bond donors (Lipinski definition) is 1. The minimum atomic E-state index is -0.863. The third-order valence-electron chi connectivity index (χ3n) is 10.5. The maximum absolute atomic E-state index is 10.7. The summed E-state index contributed by atoms with van der Waals surface area (Å²) in [5.41, 5.74) is 18.1. The molecule has 1 N–H and O–H groups in total. The maximum Gasteiger partial charge on any atom is 0.125 e. The van der Waals surface area contributed by atoms with E-state index in [0.717, 1.165) is 24.3 Å². The average molecular weight is 926 g/mol. The molecule has 8 rings (SSSR count). The molecule has 0 aromatic heterocycles. The van der Waals surface area contributed by atoms with Gasteiger partial charge in [0.1, 0.15) is 5.70 Å². The number of aliphatic imine (C=N–C) groups is 1. The summed E-state index contributed by atoms with van der Waals surface area (Å²) >= 11 is -0.233. The van der Waals surface area contributed by atoms with Crippen molar-refractivity contribution in [2.45, 2.75) is 54.6 Å². The van der Waals surface area contributed by atoms with Crippen LogP contribution < -0.4 is 34.6 Å². The molecule has 1 aliphatic heterocycles. The van der Waals surface area contributed by atoms with Crippen LogP contribution in [0.4, 0.5) is 17.1 Å². The van der Waals surface area contributed by atoms with Gasteiger partial charge in [-0.2, -0.15) is 0 Å². The average Bonchev–Trinajstić information content (AvgIpc) is 3.76. The number of aliphatic hydroxyl groups is 1. The van der Waals surface area contributed by atoms with Crippen LogP contribution in [0.5, 0.6) is 0 Å². The standard InChI is InChI=1S/C21H26N2.C15H10.C14H13N2O3.2ClH.Ru/c1-14-9-16(3)20(17(4)10-14)22-7-8-23(13-22)21-18(5)11-15(2)12-19(21)6;1-2-6-12(7-3-1)15-11-10-13-8-4-5-9-14(13)15;1-10-2-4-12(5-3-10)15-9-11-8-13(16(18)19)6-7-14(11)17;;;/h9-12H,7-8H2,1-6H3;1-9,11H;2-9,14,17H,1H3;2*1H;/q;;-1;;;/p-2. The first kappa shape index (κ1) is 45.8. The Bertz CT molecular complexity index is 2480. The van der Waals surface area contributed by atoms with Gasteiger partial charge in [-0.25, -0.2) is 0 Å². The van der Waals surface area contributed by atoms with Gasteiger partial charge in [-0.05, 0) is 30.2 Å². The molecule has 5 aromatic carbocycles. The molecule has 0 saturated carbocycles. The number of hydrogen-bond acceptors (Lipinski definition) is 6. The number of fused-ring (bicyclic) bond motifs is 1. The molecule has 0 radical (unpaired) electrons. The number of halogens is 2. The number of rotatable bonds is 6. The van der Waals surface area contributed by atoms with Gasteiger partial charge in [0, 0.05) is 6.10 Å². The van der Waals surface area contributed by atoms with Gasteiger partial charge < -0.3 is 29.9 Å². The van der Waals surface area contributed by atoms with Gasteiger partial charge in [0.05, 0.1) is 5.69 Å². The van der Waals surface area contributed by atoms with Gasteiger partial charge in [-0.15, -0.1) is 12.0 Å². The number of nitrogens with zero attached hydrogens (tertiary/aromatic N) is 4. The van der Waals surface area contributed by atoms with E-state index in [1.807, 2.05) is 31.2 Å². The van der Waals surface area contributed by atoms with Crippen molar-refractivity contribution in [3.05, 3.63) is 205 Å². The van der Waals surface area contributed by atoms with E-state index < -0.39 is 11.0 Å². The molecular weight excluding hydrogens is 877 g/mol. The molecule has 0 spiro atoms. The minimum absolute atomic E-state index is 0. The van der Waals surface area contributed by atoms with Gasteiger partial charge in [-0.1, -0.05) is 29.8 Å². The Balaban J connectivity index is 0.000000276. The first-order chi connectivity index (χ1) is 27.9. The second-order valence-electron chi connectivity index (χ2n) is 15.2. The van der Waals surface area contributed by atoms with Crippen molar-refractivity contribution in [2.75, 3.05) is 22.9 Å². The third kappa shape index (κ3) is 10.0. The van der Waals surface area contributed by atoms with Gasteiger partial charge >= 0.3 is 241 Å². The SMILES string of the molecule is Cc1cc(C)c(N2CCN(c3c(C)cc(C)cc3C)[C]2=[Ru]=[C]2C=C(c3ccccc3)c3ccccc32)c(C)c1.Cc1ccc(N=C[C-]2C=C([N+](=O)[O-])C=CC2O)cc1.[Cl-].[Cl-]. The number of benzene rings is 5. The Morgan fingerprint density at radius 3 is 1.78 bits per heavy atom. The first-order valence-corrected chi connectivity index (χ1v) is 21.3. The Labute approximate surface area is 373 Å². The van der Waals surface area contributed by atoms with E-state index in [-0.39, 0.29) is 46.7 Å². The van der Waals surface area contributed by atoms with Crippen LogP contribution >= 0.6 is 0 Å². The Morgan fingerprint density at radius 1 is 0.733 bits per heavy atom. The smallest absolute Gasteiger partial charge is 0.125 e. The number of anilines is 2. The monoisotopic (exact) mass is 925 g/mol. The molecule has 10 heteroatoms. The van der Waals surface area contributed by atoms with E-state index in [1.165, 1.54) is 99.9 Å². The van der Waals surface area contributed by atoms with E-state index in [4.69, 9.17) is 0 Å². The van der Waals surface area contributed by atoms with Gasteiger partial charge in [0.25, 0.3) is 0 Å². The number of allylic oxidation sites excluding steroid dienone is 2. The van der Waals surface area contributed by atoms with E-state index in [0.29, 0.717) is 5.92 Å². The topological polar surface area (TPSA) is 82.2 Å². The van der Waals surface area contributed by atoms with Crippen LogP contribution in [0.2, 0.25) is 0 Å². The van der Waals surface area contributed by atoms with E-state index in [9.17, 15) is 15.2 Å². The zero-order valence-electron chi connectivity index (χ0n) is 34.9. The van der Waals surface area contributed by atoms with Crippen molar-refractivity contribution in [3.8, 4) is 0 Å². The fourth-order valence-electron chi connectivity index (χ4n) is 8.05. The normalized spacial score (nSPS) is 15.5. The summed E-state index contributed by atoms with van der Waals surface area (Å²) in [5, 5.41) is 20.4. The second-order valence-corrected chi connectivity index (χ2v) is 17.3. The van der Waals surface area contributed by atoms with Crippen LogP contribution in [-0.4, -0.2) is 43.9 Å². The molecular formula is C50H49Cl2N4O3Ru-3. The van der Waals surface area contributed by atoms with Crippen LogP contribution in [0, 0.1) is 64.5 Å². The molecule has 1 unspecified atom stereocenters. The van der Waals surface area contributed by atoms with Crippen molar-refractivity contribution >= 4 is 37.3 Å². The minimum Gasteiger partial charge on any atom is -1.00 e. The molecule has 60 heavy (non-hydrogen) atoms. The van der Waals surface area contributed by atoms with Crippen molar-refractivity contribution < 1.29 is 51.1 Å². The molecule has 1 fully saturated rings. The molecule has 3 aliphatic rings. The molecule has 1 heterocycles. The largest absolute Gasteiger partial charge is 1.00 e. The third-order valence-corrected chi connectivity index (χ3v) is 13.0. The zero-order chi connectivity index (χ0) is 41.1. The quantitative estimate of drug-likeness (QED) is 0.0915. The second kappa shape index (κ2) is 19.9. The van der Waals surface area contributed by atoms with Crippen LogP contribution in [0.1, 0.15) is 55.6 Å². The summed E-state index contributed by atoms with van der Waals surface area (Å²) in [6.07, 6.45) is 7.04. The van der Waals surface area contributed by atoms with Crippen LogP contribution in [0.25, 0.3) is 5.57 Å². The Hall–Kier alpha value is -5.24. The summed E-state index contributed by atoms with van der Waals surface area (Å²) in [6.45, 7) is 17.5. The fourth-order valence-corrected chi connectivity index (χ4v) is 10.7. The molecule has 1 saturated heterocycles. The van der Waals surface area contributed by atoms with Crippen molar-refractivity contribution in [1.29, 1.82) is 0 Å². The maximum atomic E-state index is 10.7. The zero-order valence-corrected chi connectivity index (χ0v) is 38.1. The summed E-state index contributed by atoms with van der Waals surface area (Å²) in [6, 6.07) is 36.7. The van der Waals surface area contributed by atoms with Crippen LogP contribution in [-0.2, 0) is 16.2 Å². The van der Waals surface area contributed by atoms with Gasteiger partial charge in [-0.3, -0.25) is 15.1 Å². The van der Waals surface area contributed by atoms with E-state index in [2.05, 4.69) is 141 Å². The summed E-state index contributed by atoms with van der Waals surface area (Å²) < 4.78 is 2.94. The number of nitro groups is 1. The molecule has 0 bridgehead atoms. The van der Waals surface area contributed by atoms with E-state index in [1.54, 1.807) is 0 Å². The molecule has 2 aliphatic carbocycles. The predicted octanol–water partition coefficient (Wildman–Crippen LogP) is 4.07. The molecule has 5 aromatic rings. The van der Waals surface area contributed by atoms with Gasteiger partial charge in [0.15, 0.2) is 0 Å². The number of aliphatic hydroxyl groups excluding tert-OH is 1. The number of aryl methyl sites for hydroxylation is 7. The fraction of sp³-hybridized carbons (Fsp3) is 0.200. The summed E-state index contributed by atoms with van der Waals surface area (Å²) in [4.78, 5) is 19.6. The first-order valence-electron chi connectivity index (χ1n) is 19.5. The van der Waals surface area contributed by atoms with Crippen LogP contribution in [0.15, 0.2) is 138 Å². The summed E-state index contributed by atoms with van der Waals surface area (Å²) in [5.74, 6) is 0.398. The van der Waals surface area contributed by atoms with Gasteiger partial charge in [0.2, 0.25) is 0 Å². The Morgan fingerprint density at radius 2 is 1.25 bits per heavy atom. The molecule has 0 amide bonds. The molecule has 312 valence electrons. The van der Waals surface area contributed by atoms with Crippen LogP contribution in [0.3, 0.4) is 0 Å². The Kier molecular flexibility index (Phi) is 15.2. The molecule has 7 nitrogen and oxygen atoms in total. The predicted molar refractivity (Wildman–Crippen MR) is 238 cm³/mol. The molecule has 1 atom stereocenters. The van der Waals surface area contributed by atoms with Crippen molar-refractivity contribution in [3.63, 3.8) is 0 Å². The van der Waals surface area contributed by atoms with Crippen molar-refractivity contribution in [2.24, 2.45) is 4.99 Å². The van der Waals surface area contributed by atoms with Crippen molar-refractivity contribution in [1.82, 2.24) is 0 Å². The van der Waals surface area contributed by atoms with E-state index >= 15 is 0 Å².